The van der Waals surface area contributed by atoms with Gasteiger partial charge in [-0.05, 0) is 44.4 Å². The van der Waals surface area contributed by atoms with Crippen LogP contribution >= 0.6 is 0 Å². The lowest BCUT2D eigenvalue weighted by atomic mass is 9.84. The maximum Gasteiger partial charge on any atom is 0.268 e. The number of H-pyrrole nitrogens is 1. The molecule has 0 bridgehead atoms. The van der Waals surface area contributed by atoms with Crippen molar-refractivity contribution in [3.63, 3.8) is 0 Å². The van der Waals surface area contributed by atoms with Crippen molar-refractivity contribution in [1.82, 2.24) is 10.3 Å². The summed E-state index contributed by atoms with van der Waals surface area (Å²) in [6.07, 6.45) is 0. The third-order valence-electron chi connectivity index (χ3n) is 5.08. The second-order valence-corrected chi connectivity index (χ2v) is 6.99. The number of carbonyl (C=O) groups is 2. The van der Waals surface area contributed by atoms with Crippen LogP contribution in [0.5, 0.6) is 0 Å². The number of carbonyl (C=O) groups excluding carboxylic acids is 2. The van der Waals surface area contributed by atoms with Crippen LogP contribution in [0.4, 0.5) is 0 Å². The van der Waals surface area contributed by atoms with E-state index in [1.807, 2.05) is 74.5 Å². The molecule has 3 aromatic rings. The summed E-state index contributed by atoms with van der Waals surface area (Å²) in [5.41, 5.74) is 3.67. The Morgan fingerprint density at radius 3 is 1.78 bits per heavy atom. The van der Waals surface area contributed by atoms with Gasteiger partial charge in [0, 0.05) is 11.3 Å². The van der Waals surface area contributed by atoms with Crippen LogP contribution in [0, 0.1) is 13.8 Å². The zero-order valence-corrected chi connectivity index (χ0v) is 16.1. The van der Waals surface area contributed by atoms with E-state index < -0.39 is 5.54 Å². The number of Topliss-reactive ketones (excluding diaryl/α,β-unsaturated/α-hetero) is 1. The molecule has 1 heterocycles. The maximum absolute atomic E-state index is 13.2. The van der Waals surface area contributed by atoms with E-state index in [-0.39, 0.29) is 11.7 Å². The van der Waals surface area contributed by atoms with Crippen LogP contribution in [0.15, 0.2) is 60.7 Å². The number of hydrogen-bond acceptors (Lipinski definition) is 2. The van der Waals surface area contributed by atoms with Crippen LogP contribution in [-0.4, -0.2) is 16.7 Å². The average molecular weight is 360 g/mol. The van der Waals surface area contributed by atoms with Gasteiger partial charge in [0.2, 0.25) is 0 Å². The molecule has 0 aliphatic rings. The molecule has 4 nitrogen and oxygen atoms in total. The van der Waals surface area contributed by atoms with E-state index in [2.05, 4.69) is 10.3 Å². The first-order valence-electron chi connectivity index (χ1n) is 8.98. The quantitative estimate of drug-likeness (QED) is 0.657. The molecule has 0 saturated carbocycles. The van der Waals surface area contributed by atoms with Gasteiger partial charge in [0.15, 0.2) is 5.78 Å². The Kier molecular flexibility index (Phi) is 5.00. The molecule has 0 atom stereocenters. The highest BCUT2D eigenvalue weighted by molar-refractivity contribution is 6.02. The van der Waals surface area contributed by atoms with Crippen molar-refractivity contribution in [1.29, 1.82) is 0 Å². The molecule has 3 rings (SSSR count). The first-order valence-corrected chi connectivity index (χ1v) is 8.98. The highest BCUT2D eigenvalue weighted by atomic mass is 16.2. The first-order chi connectivity index (χ1) is 12.8. The summed E-state index contributed by atoms with van der Waals surface area (Å²) in [5.74, 6) is -0.285. The van der Waals surface area contributed by atoms with Crippen LogP contribution in [0.1, 0.15) is 57.1 Å². The fraction of sp³-hybridized carbons (Fsp3) is 0.217. The Hall–Kier alpha value is -3.14. The van der Waals surface area contributed by atoms with E-state index in [1.54, 1.807) is 6.92 Å². The van der Waals surface area contributed by atoms with E-state index in [1.165, 1.54) is 6.92 Å². The van der Waals surface area contributed by atoms with E-state index in [0.29, 0.717) is 22.5 Å². The minimum absolute atomic E-state index is 0.0471. The number of nitrogens with one attached hydrogen (secondary N) is 2. The van der Waals surface area contributed by atoms with Crippen molar-refractivity contribution in [2.45, 2.75) is 33.2 Å². The Morgan fingerprint density at radius 1 is 0.889 bits per heavy atom. The minimum Gasteiger partial charge on any atom is -0.354 e. The first kappa shape index (κ1) is 18.6. The second-order valence-electron chi connectivity index (χ2n) is 6.99. The third-order valence-corrected chi connectivity index (χ3v) is 5.08. The summed E-state index contributed by atoms with van der Waals surface area (Å²) in [6.45, 7) is 7.13. The molecule has 27 heavy (non-hydrogen) atoms. The predicted molar refractivity (Wildman–Crippen MR) is 107 cm³/mol. The van der Waals surface area contributed by atoms with Crippen LogP contribution in [0.25, 0.3) is 0 Å². The lowest BCUT2D eigenvalue weighted by Crippen LogP contribution is -2.44. The molecule has 2 N–H and O–H groups in total. The van der Waals surface area contributed by atoms with E-state index >= 15 is 0 Å². The summed E-state index contributed by atoms with van der Waals surface area (Å²) in [6, 6.07) is 19.7. The number of rotatable bonds is 5. The Bertz CT molecular complexity index is 933. The van der Waals surface area contributed by atoms with Gasteiger partial charge in [-0.3, -0.25) is 9.59 Å². The molecule has 0 unspecified atom stereocenters. The number of ketones is 1. The molecule has 1 amide bonds. The molecule has 4 heteroatoms. The normalized spacial score (nSPS) is 11.3. The van der Waals surface area contributed by atoms with Crippen LogP contribution in [0.3, 0.4) is 0 Å². The van der Waals surface area contributed by atoms with E-state index in [0.717, 1.165) is 11.1 Å². The Balaban J connectivity index is 2.05. The number of benzene rings is 2. The average Bonchev–Trinajstić information content (AvgIpc) is 2.97. The van der Waals surface area contributed by atoms with Gasteiger partial charge in [0.05, 0.1) is 5.54 Å². The lowest BCUT2D eigenvalue weighted by Gasteiger charge is -2.32. The van der Waals surface area contributed by atoms with E-state index in [4.69, 9.17) is 0 Å². The lowest BCUT2D eigenvalue weighted by molar-refractivity contribution is 0.0913. The molecule has 0 aliphatic carbocycles. The SMILES string of the molecule is CC(=O)c1c(C)[nH]c(C(=O)NC(C)(c2ccccc2)c2ccccc2)c1C. The minimum atomic E-state index is -0.707. The predicted octanol–water partition coefficient (Wildman–Crippen LogP) is 4.53. The largest absolute Gasteiger partial charge is 0.354 e. The molecule has 2 aromatic carbocycles. The second kappa shape index (κ2) is 7.23. The number of aromatic amines is 1. The topological polar surface area (TPSA) is 62.0 Å². The van der Waals surface area contributed by atoms with Crippen molar-refractivity contribution in [2.75, 3.05) is 0 Å². The molecule has 0 fully saturated rings. The molecular weight excluding hydrogens is 336 g/mol. The maximum atomic E-state index is 13.2. The van der Waals surface area contributed by atoms with Gasteiger partial charge in [-0.1, -0.05) is 60.7 Å². The van der Waals surface area contributed by atoms with Gasteiger partial charge in [0.1, 0.15) is 5.69 Å². The molecular formula is C23H24N2O2. The van der Waals surface area contributed by atoms with Crippen molar-refractivity contribution in [3.8, 4) is 0 Å². The number of aromatic nitrogens is 1. The highest BCUT2D eigenvalue weighted by Crippen LogP contribution is 2.30. The molecule has 0 radical (unpaired) electrons. The van der Waals surface area contributed by atoms with Gasteiger partial charge in [-0.15, -0.1) is 0 Å². The van der Waals surface area contributed by atoms with Crippen LogP contribution < -0.4 is 5.32 Å². The fourth-order valence-corrected chi connectivity index (χ4v) is 3.65. The number of aryl methyl sites for hydroxylation is 1. The van der Waals surface area contributed by atoms with Gasteiger partial charge in [-0.2, -0.15) is 0 Å². The summed E-state index contributed by atoms with van der Waals surface area (Å²) >= 11 is 0. The molecule has 138 valence electrons. The molecule has 0 aliphatic heterocycles. The number of hydrogen-bond donors (Lipinski definition) is 2. The van der Waals surface area contributed by atoms with Gasteiger partial charge in [0.25, 0.3) is 5.91 Å². The van der Waals surface area contributed by atoms with Crippen LogP contribution in [0.2, 0.25) is 0 Å². The van der Waals surface area contributed by atoms with Gasteiger partial charge >= 0.3 is 0 Å². The van der Waals surface area contributed by atoms with Gasteiger partial charge in [-0.25, -0.2) is 0 Å². The standard InChI is InChI=1S/C23H24N2O2/c1-15-20(17(3)26)16(2)24-21(15)22(27)25-23(4,18-11-7-5-8-12-18)19-13-9-6-10-14-19/h5-14,24H,1-4H3,(H,25,27). The summed E-state index contributed by atoms with van der Waals surface area (Å²) in [5, 5.41) is 3.18. The zero-order chi connectivity index (χ0) is 19.6. The zero-order valence-electron chi connectivity index (χ0n) is 16.1. The van der Waals surface area contributed by atoms with Crippen LogP contribution in [-0.2, 0) is 5.54 Å². The number of amides is 1. The molecule has 0 saturated heterocycles. The van der Waals surface area contributed by atoms with E-state index in [9.17, 15) is 9.59 Å². The van der Waals surface area contributed by atoms with Crippen molar-refractivity contribution >= 4 is 11.7 Å². The monoisotopic (exact) mass is 360 g/mol. The van der Waals surface area contributed by atoms with Crippen molar-refractivity contribution < 1.29 is 9.59 Å². The van der Waals surface area contributed by atoms with Crippen molar-refractivity contribution in [3.05, 3.63) is 94.3 Å². The Morgan fingerprint density at radius 2 is 1.37 bits per heavy atom. The summed E-state index contributed by atoms with van der Waals surface area (Å²) in [4.78, 5) is 28.1. The smallest absolute Gasteiger partial charge is 0.268 e. The summed E-state index contributed by atoms with van der Waals surface area (Å²) < 4.78 is 0. The molecule has 1 aromatic heterocycles. The fourth-order valence-electron chi connectivity index (χ4n) is 3.65. The molecule has 0 spiro atoms. The van der Waals surface area contributed by atoms with Gasteiger partial charge < -0.3 is 10.3 Å². The highest BCUT2D eigenvalue weighted by Gasteiger charge is 2.32. The van der Waals surface area contributed by atoms with Crippen molar-refractivity contribution in [2.24, 2.45) is 0 Å². The summed E-state index contributed by atoms with van der Waals surface area (Å²) in [7, 11) is 0. The Labute approximate surface area is 159 Å². The third kappa shape index (κ3) is 3.43.